The molecule has 0 aliphatic rings. The number of carbonyl (C=O) groups excluding carboxylic acids is 6. The lowest BCUT2D eigenvalue weighted by Crippen LogP contribution is -2.32. The number of aryl methyl sites for hydroxylation is 2. The summed E-state index contributed by atoms with van der Waals surface area (Å²) in [4.78, 5) is 79.2. The molecule has 0 radical (unpaired) electrons. The zero-order valence-electron chi connectivity index (χ0n) is 39.1. The number of hydrogen-bond donors (Lipinski definition) is 4. The largest absolute Gasteiger partial charge is 0.494 e. The van der Waals surface area contributed by atoms with Gasteiger partial charge in [-0.3, -0.25) is 28.8 Å². The fourth-order valence-electron chi connectivity index (χ4n) is 6.77. The number of amides is 4. The van der Waals surface area contributed by atoms with Gasteiger partial charge in [-0.25, -0.2) is 0 Å². The summed E-state index contributed by atoms with van der Waals surface area (Å²) in [5.41, 5.74) is 3.48. The van der Waals surface area contributed by atoms with E-state index in [1.54, 1.807) is 31.2 Å². The van der Waals surface area contributed by atoms with Gasteiger partial charge in [0.25, 0.3) is 23.6 Å². The van der Waals surface area contributed by atoms with Crippen LogP contribution in [0.1, 0.15) is 77.4 Å². The van der Waals surface area contributed by atoms with Gasteiger partial charge in [-0.1, -0.05) is 47.5 Å². The molecule has 5 aromatic carbocycles. The number of ether oxygens (including phenoxy) is 2. The second-order valence-electron chi connectivity index (χ2n) is 15.4. The maximum atomic E-state index is 13.6. The van der Waals surface area contributed by atoms with Gasteiger partial charge in [-0.2, -0.15) is 20.5 Å². The predicted octanol–water partition coefficient (Wildman–Crippen LogP) is 12.5. The van der Waals surface area contributed by atoms with Crippen LogP contribution in [0.2, 0.25) is 10.0 Å². The third-order valence-corrected chi connectivity index (χ3v) is 11.7. The molecule has 4 N–H and O–H groups in total. The normalized spacial score (nSPS) is 12.5. The molecular weight excluding hydrogens is 1020 g/mol. The maximum absolute atomic E-state index is 13.6. The third-order valence-electron chi connectivity index (χ3n) is 10.3. The van der Waals surface area contributed by atoms with Gasteiger partial charge in [-0.05, 0) is 119 Å². The minimum atomic E-state index is -1.65. The number of carbonyl (C=O) groups is 6. The Kier molecular flexibility index (Phi) is 20.9. The first-order chi connectivity index (χ1) is 34.0. The molecule has 0 fully saturated rings. The van der Waals surface area contributed by atoms with Crippen LogP contribution < -0.4 is 30.7 Å². The van der Waals surface area contributed by atoms with Crippen molar-refractivity contribution in [2.45, 2.75) is 64.9 Å². The van der Waals surface area contributed by atoms with Gasteiger partial charge in [0.1, 0.15) is 22.9 Å². The molecule has 3 atom stereocenters. The van der Waals surface area contributed by atoms with Crippen LogP contribution in [-0.4, -0.2) is 72.3 Å². The van der Waals surface area contributed by atoms with E-state index >= 15 is 0 Å². The summed E-state index contributed by atoms with van der Waals surface area (Å²) in [6.07, 6.45) is 1.15. The molecular formula is C50H49Cl5N8O8. The van der Waals surface area contributed by atoms with Crippen molar-refractivity contribution >= 4 is 127 Å². The monoisotopic (exact) mass is 1060 g/mol. The fraction of sp³-hybridized carbons (Fsp3) is 0.280. The molecule has 5 aromatic rings. The topological polar surface area (TPSA) is 218 Å². The minimum absolute atomic E-state index is 0.0156. The van der Waals surface area contributed by atoms with Crippen LogP contribution >= 0.6 is 58.0 Å². The van der Waals surface area contributed by atoms with E-state index in [2.05, 4.69) is 41.7 Å². The summed E-state index contributed by atoms with van der Waals surface area (Å²) >= 11 is 31.6. The van der Waals surface area contributed by atoms with Crippen molar-refractivity contribution in [1.29, 1.82) is 0 Å². The molecule has 0 spiro atoms. The molecule has 16 nitrogen and oxygen atoms in total. The van der Waals surface area contributed by atoms with Crippen LogP contribution in [0.4, 0.5) is 34.1 Å². The summed E-state index contributed by atoms with van der Waals surface area (Å²) in [5.74, 6) is -2.21. The Morgan fingerprint density at radius 3 is 1.41 bits per heavy atom. The second kappa shape index (κ2) is 26.7. The third kappa shape index (κ3) is 15.0. The first kappa shape index (κ1) is 55.5. The van der Waals surface area contributed by atoms with E-state index in [0.29, 0.717) is 66.3 Å². The van der Waals surface area contributed by atoms with Crippen molar-refractivity contribution in [3.8, 4) is 11.5 Å². The van der Waals surface area contributed by atoms with E-state index in [9.17, 15) is 28.8 Å². The predicted molar refractivity (Wildman–Crippen MR) is 279 cm³/mol. The highest BCUT2D eigenvalue weighted by molar-refractivity contribution is 6.37. The van der Waals surface area contributed by atoms with E-state index in [1.165, 1.54) is 54.6 Å². The minimum Gasteiger partial charge on any atom is -0.494 e. The standard InChI is InChI=1S/C50H49Cl5N8O8/c1-6-70-41-25-33(16-14-30(41)20-22-51)56-47(66)35-10-8-12-39(43(35)54)60-62-45(28(4)64)49(68)58-32-18-19-38(37(24-32)27(3)53)59-50(69)46(29(5)65)63-61-40-13-9-11-36(44(40)55)48(67)57-34-17-15-31(21-23-52)42(26-34)71-7-2/h8-19,24-27,45-46H,6-7,20-23H2,1-5H3,(H,56,66)(H,57,67)(H,58,68)(H,59,69). The number of hydrogen-bond acceptors (Lipinski definition) is 12. The van der Waals surface area contributed by atoms with Crippen molar-refractivity contribution in [3.05, 3.63) is 129 Å². The van der Waals surface area contributed by atoms with Gasteiger partial charge in [0.15, 0.2) is 11.6 Å². The first-order valence-corrected chi connectivity index (χ1v) is 24.3. The molecule has 0 heterocycles. The highest BCUT2D eigenvalue weighted by Crippen LogP contribution is 2.34. The number of halogens is 5. The fourth-order valence-corrected chi connectivity index (χ4v) is 7.86. The Bertz CT molecular complexity index is 2860. The lowest BCUT2D eigenvalue weighted by molar-refractivity contribution is -0.127. The molecule has 0 saturated carbocycles. The van der Waals surface area contributed by atoms with Crippen LogP contribution in [0, 0.1) is 0 Å². The van der Waals surface area contributed by atoms with E-state index in [0.717, 1.165) is 25.0 Å². The Balaban J connectivity index is 1.27. The SMILES string of the molecule is CCOc1cc(NC(=O)c2cccc(N=NC(C(C)=O)C(=O)Nc3ccc(NC(=O)C(N=Nc4cccc(C(=O)Nc5ccc(CCCl)c(OCC)c5)c4Cl)C(C)=O)c(C(C)Cl)c3)c2Cl)ccc1CCCl. The van der Waals surface area contributed by atoms with Crippen molar-refractivity contribution < 1.29 is 38.2 Å². The second-order valence-corrected chi connectivity index (χ2v) is 17.6. The summed E-state index contributed by atoms with van der Waals surface area (Å²) < 4.78 is 11.4. The summed E-state index contributed by atoms with van der Waals surface area (Å²) in [6.45, 7) is 8.43. The molecule has 3 unspecified atom stereocenters. The average Bonchev–Trinajstić information content (AvgIpc) is 3.32. The molecule has 372 valence electrons. The molecule has 4 amide bonds. The number of alkyl halides is 3. The van der Waals surface area contributed by atoms with Crippen molar-refractivity contribution in [2.75, 3.05) is 46.2 Å². The lowest BCUT2D eigenvalue weighted by Gasteiger charge is -2.17. The van der Waals surface area contributed by atoms with Crippen molar-refractivity contribution in [1.82, 2.24) is 0 Å². The smallest absolute Gasteiger partial charge is 0.258 e. The number of nitrogens with zero attached hydrogens (tertiary/aromatic N) is 4. The Labute approximate surface area is 435 Å². The zero-order valence-corrected chi connectivity index (χ0v) is 42.9. The number of nitrogens with one attached hydrogen (secondary N) is 4. The maximum Gasteiger partial charge on any atom is 0.258 e. The number of anilines is 4. The van der Waals surface area contributed by atoms with Gasteiger partial charge >= 0.3 is 0 Å². The van der Waals surface area contributed by atoms with Crippen molar-refractivity contribution in [3.63, 3.8) is 0 Å². The van der Waals surface area contributed by atoms with Gasteiger partial charge in [0, 0.05) is 46.6 Å². The summed E-state index contributed by atoms with van der Waals surface area (Å²) in [5, 5.41) is 26.1. The van der Waals surface area contributed by atoms with E-state index in [-0.39, 0.29) is 43.9 Å². The van der Waals surface area contributed by atoms with Crippen LogP contribution in [0.25, 0.3) is 0 Å². The quantitative estimate of drug-likeness (QED) is 0.0279. The van der Waals surface area contributed by atoms with Gasteiger partial charge < -0.3 is 30.7 Å². The number of rotatable bonds is 23. The Hall–Kier alpha value is -6.43. The zero-order chi connectivity index (χ0) is 51.8. The van der Waals surface area contributed by atoms with Crippen LogP contribution in [-0.2, 0) is 32.0 Å². The Morgan fingerprint density at radius 1 is 0.577 bits per heavy atom. The molecule has 0 aliphatic carbocycles. The van der Waals surface area contributed by atoms with Crippen LogP contribution in [0.5, 0.6) is 11.5 Å². The summed E-state index contributed by atoms with van der Waals surface area (Å²) in [6, 6.07) is 20.4. The number of azo groups is 2. The Morgan fingerprint density at radius 2 is 1.00 bits per heavy atom. The number of Topliss-reactive ketones (excluding diaryl/α,β-unsaturated/α-hetero) is 2. The van der Waals surface area contributed by atoms with Crippen molar-refractivity contribution in [2.24, 2.45) is 20.5 Å². The molecule has 0 bridgehead atoms. The molecule has 0 saturated heterocycles. The number of ketones is 2. The lowest BCUT2D eigenvalue weighted by atomic mass is 10.1. The van der Waals surface area contributed by atoms with Gasteiger partial charge in [-0.15, -0.1) is 34.8 Å². The van der Waals surface area contributed by atoms with E-state index in [4.69, 9.17) is 67.5 Å². The van der Waals surface area contributed by atoms with Crippen LogP contribution in [0.15, 0.2) is 111 Å². The first-order valence-electron chi connectivity index (χ1n) is 22.0. The van der Waals surface area contributed by atoms with Gasteiger partial charge in [0.05, 0.1) is 39.8 Å². The molecule has 0 aromatic heterocycles. The molecule has 5 rings (SSSR count). The molecule has 71 heavy (non-hydrogen) atoms. The van der Waals surface area contributed by atoms with E-state index in [1.807, 2.05) is 26.0 Å². The average molecular weight is 1070 g/mol. The number of benzene rings is 5. The summed E-state index contributed by atoms with van der Waals surface area (Å²) in [7, 11) is 0. The highest BCUT2D eigenvalue weighted by Gasteiger charge is 2.27. The highest BCUT2D eigenvalue weighted by atomic mass is 35.5. The molecule has 0 aliphatic heterocycles. The van der Waals surface area contributed by atoms with Gasteiger partial charge in [0.2, 0.25) is 12.1 Å². The van der Waals surface area contributed by atoms with Crippen LogP contribution in [0.3, 0.4) is 0 Å². The molecule has 21 heteroatoms. The van der Waals surface area contributed by atoms with E-state index < -0.39 is 52.7 Å².